The lowest BCUT2D eigenvalue weighted by atomic mass is 9.90. The van der Waals surface area contributed by atoms with E-state index in [1.807, 2.05) is 0 Å². The molecule has 1 unspecified atom stereocenters. The van der Waals surface area contributed by atoms with Crippen molar-refractivity contribution in [1.29, 1.82) is 0 Å². The molecule has 0 fully saturated rings. The van der Waals surface area contributed by atoms with Crippen LogP contribution < -0.4 is 10.6 Å². The summed E-state index contributed by atoms with van der Waals surface area (Å²) in [6, 6.07) is 10.5. The molecule has 1 aliphatic rings. The lowest BCUT2D eigenvalue weighted by Gasteiger charge is -2.14. The fourth-order valence-corrected chi connectivity index (χ4v) is 2.68. The highest BCUT2D eigenvalue weighted by Crippen LogP contribution is 2.28. The van der Waals surface area contributed by atoms with E-state index in [9.17, 15) is 0 Å². The third kappa shape index (κ3) is 2.27. The van der Waals surface area contributed by atoms with Gasteiger partial charge in [-0.25, -0.2) is 0 Å². The van der Waals surface area contributed by atoms with Gasteiger partial charge in [-0.05, 0) is 23.6 Å². The van der Waals surface area contributed by atoms with Crippen LogP contribution in [-0.4, -0.2) is 4.98 Å². The van der Waals surface area contributed by atoms with E-state index in [2.05, 4.69) is 79.3 Å². The second kappa shape index (κ2) is 5.38. The molecule has 1 heterocycles. The minimum atomic E-state index is 0.320. The van der Waals surface area contributed by atoms with Gasteiger partial charge in [-0.3, -0.25) is 0 Å². The van der Waals surface area contributed by atoms with Gasteiger partial charge in [-0.15, -0.1) is 0 Å². The van der Waals surface area contributed by atoms with E-state index in [0.29, 0.717) is 5.92 Å². The van der Waals surface area contributed by atoms with Crippen molar-refractivity contribution in [2.45, 2.75) is 19.3 Å². The van der Waals surface area contributed by atoms with Gasteiger partial charge < -0.3 is 4.98 Å². The average molecular weight is 261 g/mol. The van der Waals surface area contributed by atoms with Gasteiger partial charge >= 0.3 is 0 Å². The van der Waals surface area contributed by atoms with Crippen LogP contribution in [0.2, 0.25) is 0 Å². The quantitative estimate of drug-likeness (QED) is 0.872. The molecular weight excluding hydrogens is 242 g/mol. The highest BCUT2D eigenvalue weighted by Gasteiger charge is 2.13. The minimum absolute atomic E-state index is 0.320. The Morgan fingerprint density at radius 1 is 1.25 bits per heavy atom. The van der Waals surface area contributed by atoms with Crippen molar-refractivity contribution in [3.63, 3.8) is 0 Å². The molecule has 1 aliphatic carbocycles. The Bertz CT molecular complexity index is 760. The molecule has 0 spiro atoms. The maximum absolute atomic E-state index is 4.34. The van der Waals surface area contributed by atoms with Crippen LogP contribution in [0.4, 0.5) is 0 Å². The largest absolute Gasteiger partial charge is 0.361 e. The maximum Gasteiger partial charge on any atom is 0.0457 e. The number of rotatable bonds is 3. The first kappa shape index (κ1) is 12.7. The Morgan fingerprint density at radius 2 is 2.05 bits per heavy atom. The van der Waals surface area contributed by atoms with Crippen LogP contribution >= 0.6 is 0 Å². The number of hydrogen-bond donors (Lipinski definition) is 1. The number of H-pyrrole nitrogens is 1. The van der Waals surface area contributed by atoms with E-state index < -0.39 is 0 Å². The topological polar surface area (TPSA) is 15.8 Å². The normalized spacial score (nSPS) is 14.7. The molecule has 1 aromatic heterocycles. The van der Waals surface area contributed by atoms with Crippen molar-refractivity contribution >= 4 is 17.7 Å². The third-order valence-electron chi connectivity index (χ3n) is 3.98. The Labute approximate surface area is 119 Å². The van der Waals surface area contributed by atoms with Crippen molar-refractivity contribution < 1.29 is 0 Å². The maximum atomic E-state index is 4.34. The number of allylic oxidation sites excluding steroid dienone is 3. The minimum Gasteiger partial charge on any atom is -0.361 e. The Kier molecular flexibility index (Phi) is 3.42. The summed E-state index contributed by atoms with van der Waals surface area (Å²) in [7, 11) is 0. The zero-order chi connectivity index (χ0) is 13.9. The van der Waals surface area contributed by atoms with E-state index in [1.165, 1.54) is 27.3 Å². The monoisotopic (exact) mass is 261 g/mol. The van der Waals surface area contributed by atoms with Crippen LogP contribution in [0.15, 0.2) is 55.3 Å². The Hall–Kier alpha value is -2.28. The Balaban J connectivity index is 2.01. The molecule has 1 N–H and O–H groups in total. The van der Waals surface area contributed by atoms with Gasteiger partial charge in [0.2, 0.25) is 0 Å². The van der Waals surface area contributed by atoms with Gasteiger partial charge in [-0.2, -0.15) is 0 Å². The van der Waals surface area contributed by atoms with Crippen LogP contribution in [0, 0.1) is 0 Å². The number of hydrogen-bond acceptors (Lipinski definition) is 0. The summed E-state index contributed by atoms with van der Waals surface area (Å²) in [5, 5.41) is 2.46. The summed E-state index contributed by atoms with van der Waals surface area (Å²) in [5.74, 6) is 0.320. The summed E-state index contributed by atoms with van der Waals surface area (Å²) < 4.78 is 0. The highest BCUT2D eigenvalue weighted by molar-refractivity contribution is 5.70. The summed E-state index contributed by atoms with van der Waals surface area (Å²) in [5.41, 5.74) is 3.71. The standard InChI is InChI=1S/C19H19N/c1-14(16-9-5-3-6-10-16)15(2)18-13-20-19-12-8-4-7-11-17(18)19/h3-6,8-14,20H,2,7H2,1H3. The lowest BCUT2D eigenvalue weighted by Crippen LogP contribution is -2.24. The van der Waals surface area contributed by atoms with Crippen molar-refractivity contribution in [3.05, 3.63) is 77.0 Å². The molecule has 0 radical (unpaired) electrons. The number of aromatic amines is 1. The zero-order valence-corrected chi connectivity index (χ0v) is 11.8. The summed E-state index contributed by atoms with van der Waals surface area (Å²) >= 11 is 0. The zero-order valence-electron chi connectivity index (χ0n) is 11.8. The van der Waals surface area contributed by atoms with E-state index in [0.717, 1.165) is 6.42 Å². The van der Waals surface area contributed by atoms with E-state index in [1.54, 1.807) is 0 Å². The van der Waals surface area contributed by atoms with Crippen LogP contribution in [0.3, 0.4) is 0 Å². The van der Waals surface area contributed by atoms with Crippen LogP contribution in [0.25, 0.3) is 17.7 Å². The molecule has 0 bridgehead atoms. The van der Waals surface area contributed by atoms with Crippen molar-refractivity contribution in [2.24, 2.45) is 0 Å². The van der Waals surface area contributed by atoms with Crippen molar-refractivity contribution in [2.75, 3.05) is 0 Å². The average Bonchev–Trinajstić information content (AvgIpc) is 2.75. The number of benzene rings is 1. The molecule has 1 atom stereocenters. The van der Waals surface area contributed by atoms with E-state index in [4.69, 9.17) is 0 Å². The predicted molar refractivity (Wildman–Crippen MR) is 86.6 cm³/mol. The van der Waals surface area contributed by atoms with Crippen molar-refractivity contribution in [3.8, 4) is 0 Å². The van der Waals surface area contributed by atoms with Gasteiger partial charge in [0.05, 0.1) is 0 Å². The molecule has 2 aromatic rings. The third-order valence-corrected chi connectivity index (χ3v) is 3.98. The number of fused-ring (bicyclic) bond motifs is 1. The summed E-state index contributed by atoms with van der Waals surface area (Å²) in [6.45, 7) is 6.56. The molecule has 1 aromatic carbocycles. The molecule has 0 amide bonds. The van der Waals surface area contributed by atoms with Gasteiger partial charge in [0.1, 0.15) is 0 Å². The van der Waals surface area contributed by atoms with E-state index >= 15 is 0 Å². The first-order valence-electron chi connectivity index (χ1n) is 7.06. The molecule has 1 nitrogen and oxygen atoms in total. The molecule has 0 saturated heterocycles. The van der Waals surface area contributed by atoms with Crippen LogP contribution in [0.5, 0.6) is 0 Å². The second-order valence-electron chi connectivity index (χ2n) is 5.22. The molecule has 0 saturated carbocycles. The molecular formula is C19H19N. The highest BCUT2D eigenvalue weighted by atomic mass is 14.7. The van der Waals surface area contributed by atoms with Crippen molar-refractivity contribution in [1.82, 2.24) is 4.98 Å². The molecule has 0 aliphatic heterocycles. The predicted octanol–water partition coefficient (Wildman–Crippen LogP) is 3.35. The lowest BCUT2D eigenvalue weighted by molar-refractivity contribution is 0.991. The first-order chi connectivity index (χ1) is 9.77. The van der Waals surface area contributed by atoms with Crippen LogP contribution in [-0.2, 0) is 0 Å². The smallest absolute Gasteiger partial charge is 0.0457 e. The van der Waals surface area contributed by atoms with Crippen LogP contribution in [0.1, 0.15) is 30.4 Å². The fraction of sp³-hybridized carbons (Fsp3) is 0.158. The van der Waals surface area contributed by atoms with Gasteiger partial charge in [0.25, 0.3) is 0 Å². The molecule has 3 rings (SSSR count). The first-order valence-corrected chi connectivity index (χ1v) is 7.06. The number of aromatic nitrogens is 1. The summed E-state index contributed by atoms with van der Waals surface area (Å²) in [6.07, 6.45) is 11.7. The molecule has 100 valence electrons. The SMILES string of the molecule is C=C(c1c[nH]c2c1=CCC=CC=2)C(C)c1ccccc1. The molecule has 1 heteroatoms. The van der Waals surface area contributed by atoms with E-state index in [-0.39, 0.29) is 0 Å². The molecule has 20 heavy (non-hydrogen) atoms. The Morgan fingerprint density at radius 3 is 2.85 bits per heavy atom. The van der Waals surface area contributed by atoms with Gasteiger partial charge in [0.15, 0.2) is 0 Å². The fourth-order valence-electron chi connectivity index (χ4n) is 2.68. The van der Waals surface area contributed by atoms with Gasteiger partial charge in [0, 0.05) is 28.2 Å². The number of nitrogens with one attached hydrogen (secondary N) is 1. The second-order valence-corrected chi connectivity index (χ2v) is 5.22. The van der Waals surface area contributed by atoms with Gasteiger partial charge in [-0.1, -0.05) is 62.1 Å². The summed E-state index contributed by atoms with van der Waals surface area (Å²) in [4.78, 5) is 3.35.